The molecular formula is C16H27N3O3S. The summed E-state index contributed by atoms with van der Waals surface area (Å²) in [5.41, 5.74) is 1.93. The maximum Gasteiger partial charge on any atom is 0.235 e. The fourth-order valence-electron chi connectivity index (χ4n) is 2.14. The standard InChI is InChI=1S/C16H27N3O3S/c1-14-7-5-8-15(11-14)12-19(23(4,21)22)13-16(20)17-9-6-10-18(2)3/h5,7-8,11H,6,9-10,12-13H2,1-4H3,(H,17,20). The quantitative estimate of drug-likeness (QED) is 0.675. The van der Waals surface area contributed by atoms with E-state index < -0.39 is 10.0 Å². The molecule has 1 amide bonds. The van der Waals surface area contributed by atoms with Crippen LogP contribution in [0.25, 0.3) is 0 Å². The van der Waals surface area contributed by atoms with E-state index in [-0.39, 0.29) is 19.0 Å². The summed E-state index contributed by atoms with van der Waals surface area (Å²) in [7, 11) is 0.484. The van der Waals surface area contributed by atoms with Crippen LogP contribution >= 0.6 is 0 Å². The molecule has 0 spiro atoms. The van der Waals surface area contributed by atoms with E-state index in [4.69, 9.17) is 0 Å². The molecule has 0 aliphatic rings. The van der Waals surface area contributed by atoms with Gasteiger partial charge in [-0.2, -0.15) is 4.31 Å². The van der Waals surface area contributed by atoms with Crippen LogP contribution in [-0.4, -0.2) is 63.5 Å². The maximum absolute atomic E-state index is 12.0. The number of hydrogen-bond donors (Lipinski definition) is 1. The van der Waals surface area contributed by atoms with Gasteiger partial charge in [0, 0.05) is 13.1 Å². The first-order valence-electron chi connectivity index (χ1n) is 7.60. The summed E-state index contributed by atoms with van der Waals surface area (Å²) >= 11 is 0. The molecule has 0 heterocycles. The van der Waals surface area contributed by atoms with Crippen molar-refractivity contribution in [3.8, 4) is 0 Å². The summed E-state index contributed by atoms with van der Waals surface area (Å²) in [5.74, 6) is -0.276. The Hall–Kier alpha value is -1.44. The largest absolute Gasteiger partial charge is 0.355 e. The average Bonchev–Trinajstić information content (AvgIpc) is 2.42. The van der Waals surface area contributed by atoms with Crippen LogP contribution in [0.15, 0.2) is 24.3 Å². The molecule has 0 atom stereocenters. The van der Waals surface area contributed by atoms with E-state index >= 15 is 0 Å². The lowest BCUT2D eigenvalue weighted by atomic mass is 10.1. The van der Waals surface area contributed by atoms with Crippen LogP contribution in [0.4, 0.5) is 0 Å². The van der Waals surface area contributed by atoms with Gasteiger partial charge >= 0.3 is 0 Å². The smallest absolute Gasteiger partial charge is 0.235 e. The minimum Gasteiger partial charge on any atom is -0.355 e. The number of carbonyl (C=O) groups excluding carboxylic acids is 1. The van der Waals surface area contributed by atoms with Gasteiger partial charge in [0.05, 0.1) is 12.8 Å². The summed E-state index contributed by atoms with van der Waals surface area (Å²) < 4.78 is 25.0. The predicted octanol–water partition coefficient (Wildman–Crippen LogP) is 0.825. The van der Waals surface area contributed by atoms with Crippen molar-refractivity contribution in [2.24, 2.45) is 0 Å². The number of sulfonamides is 1. The Bertz CT molecular complexity index is 615. The number of nitrogens with zero attached hydrogens (tertiary/aromatic N) is 2. The number of hydrogen-bond acceptors (Lipinski definition) is 4. The Kier molecular flexibility index (Phi) is 7.67. The molecule has 0 unspecified atom stereocenters. The molecule has 1 N–H and O–H groups in total. The fraction of sp³-hybridized carbons (Fsp3) is 0.562. The third-order valence-electron chi connectivity index (χ3n) is 3.33. The van der Waals surface area contributed by atoms with Crippen molar-refractivity contribution < 1.29 is 13.2 Å². The van der Waals surface area contributed by atoms with Crippen molar-refractivity contribution in [3.05, 3.63) is 35.4 Å². The Morgan fingerprint density at radius 2 is 1.96 bits per heavy atom. The normalized spacial score (nSPS) is 11.9. The van der Waals surface area contributed by atoms with Gasteiger partial charge in [0.15, 0.2) is 0 Å². The van der Waals surface area contributed by atoms with Crippen LogP contribution in [0, 0.1) is 6.92 Å². The highest BCUT2D eigenvalue weighted by Crippen LogP contribution is 2.10. The molecular weight excluding hydrogens is 314 g/mol. The lowest BCUT2D eigenvalue weighted by Gasteiger charge is -2.20. The predicted molar refractivity (Wildman–Crippen MR) is 92.6 cm³/mol. The molecule has 1 aromatic rings. The summed E-state index contributed by atoms with van der Waals surface area (Å²) in [6, 6.07) is 7.62. The molecule has 0 aliphatic heterocycles. The third kappa shape index (κ3) is 8.11. The van der Waals surface area contributed by atoms with Gasteiger partial charge in [-0.3, -0.25) is 4.79 Å². The molecule has 7 heteroatoms. The zero-order chi connectivity index (χ0) is 17.5. The number of nitrogens with one attached hydrogen (secondary N) is 1. The van der Waals surface area contributed by atoms with Crippen LogP contribution in [0.3, 0.4) is 0 Å². The van der Waals surface area contributed by atoms with E-state index in [0.29, 0.717) is 6.54 Å². The van der Waals surface area contributed by atoms with Crippen LogP contribution in [-0.2, 0) is 21.4 Å². The Balaban J connectivity index is 2.60. The highest BCUT2D eigenvalue weighted by atomic mass is 32.2. The highest BCUT2D eigenvalue weighted by Gasteiger charge is 2.20. The molecule has 0 saturated heterocycles. The Labute approximate surface area is 139 Å². The van der Waals surface area contributed by atoms with Crippen molar-refractivity contribution in [1.29, 1.82) is 0 Å². The van der Waals surface area contributed by atoms with Gasteiger partial charge in [-0.15, -0.1) is 0 Å². The van der Waals surface area contributed by atoms with E-state index in [9.17, 15) is 13.2 Å². The van der Waals surface area contributed by atoms with Crippen LogP contribution < -0.4 is 5.32 Å². The monoisotopic (exact) mass is 341 g/mol. The number of amides is 1. The summed E-state index contributed by atoms with van der Waals surface area (Å²) in [6.07, 6.45) is 1.96. The van der Waals surface area contributed by atoms with Crippen molar-refractivity contribution in [3.63, 3.8) is 0 Å². The maximum atomic E-state index is 12.0. The van der Waals surface area contributed by atoms with Gasteiger partial charge in [0.1, 0.15) is 0 Å². The van der Waals surface area contributed by atoms with E-state index in [1.54, 1.807) is 0 Å². The summed E-state index contributed by atoms with van der Waals surface area (Å²) in [5, 5.41) is 2.77. The van der Waals surface area contributed by atoms with Crippen molar-refractivity contribution in [2.75, 3.05) is 40.0 Å². The third-order valence-corrected chi connectivity index (χ3v) is 4.53. The average molecular weight is 341 g/mol. The van der Waals surface area contributed by atoms with Crippen molar-refractivity contribution >= 4 is 15.9 Å². The van der Waals surface area contributed by atoms with E-state index in [1.807, 2.05) is 50.2 Å². The zero-order valence-electron chi connectivity index (χ0n) is 14.4. The number of carbonyl (C=O) groups is 1. The van der Waals surface area contributed by atoms with Crippen molar-refractivity contribution in [1.82, 2.24) is 14.5 Å². The molecule has 0 aromatic heterocycles. The van der Waals surface area contributed by atoms with Crippen LogP contribution in [0.5, 0.6) is 0 Å². The molecule has 0 aliphatic carbocycles. The zero-order valence-corrected chi connectivity index (χ0v) is 15.2. The van der Waals surface area contributed by atoms with Gasteiger partial charge in [-0.25, -0.2) is 8.42 Å². The lowest BCUT2D eigenvalue weighted by Crippen LogP contribution is -2.40. The molecule has 130 valence electrons. The van der Waals surface area contributed by atoms with Crippen LogP contribution in [0.2, 0.25) is 0 Å². The molecule has 1 aromatic carbocycles. The molecule has 0 bridgehead atoms. The van der Waals surface area contributed by atoms with Gasteiger partial charge in [0.2, 0.25) is 15.9 Å². The molecule has 6 nitrogen and oxygen atoms in total. The second-order valence-corrected chi connectivity index (χ2v) is 8.01. The minimum absolute atomic E-state index is 0.158. The SMILES string of the molecule is Cc1cccc(CN(CC(=O)NCCCN(C)C)S(C)(=O)=O)c1. The first-order chi connectivity index (χ1) is 10.7. The first kappa shape index (κ1) is 19.6. The molecule has 0 radical (unpaired) electrons. The Morgan fingerprint density at radius 1 is 1.26 bits per heavy atom. The Morgan fingerprint density at radius 3 is 2.52 bits per heavy atom. The minimum atomic E-state index is -3.45. The highest BCUT2D eigenvalue weighted by molar-refractivity contribution is 7.88. The molecule has 1 rings (SSSR count). The second kappa shape index (κ2) is 9.00. The van der Waals surface area contributed by atoms with E-state index in [1.165, 1.54) is 4.31 Å². The van der Waals surface area contributed by atoms with Crippen LogP contribution in [0.1, 0.15) is 17.5 Å². The molecule has 0 saturated carbocycles. The summed E-state index contributed by atoms with van der Waals surface area (Å²) in [6.45, 7) is 3.41. The first-order valence-corrected chi connectivity index (χ1v) is 9.45. The van der Waals surface area contributed by atoms with Crippen molar-refractivity contribution in [2.45, 2.75) is 19.9 Å². The second-order valence-electron chi connectivity index (χ2n) is 6.03. The van der Waals surface area contributed by atoms with E-state index in [0.717, 1.165) is 30.3 Å². The number of rotatable bonds is 9. The van der Waals surface area contributed by atoms with Gasteiger partial charge in [0.25, 0.3) is 0 Å². The fourth-order valence-corrected chi connectivity index (χ4v) is 2.88. The summed E-state index contributed by atoms with van der Waals surface area (Å²) in [4.78, 5) is 14.0. The number of aryl methyl sites for hydroxylation is 1. The van der Waals surface area contributed by atoms with Gasteiger partial charge < -0.3 is 10.2 Å². The molecule has 0 fully saturated rings. The molecule has 23 heavy (non-hydrogen) atoms. The van der Waals surface area contributed by atoms with Gasteiger partial charge in [-0.1, -0.05) is 29.8 Å². The number of benzene rings is 1. The lowest BCUT2D eigenvalue weighted by molar-refractivity contribution is -0.121. The topological polar surface area (TPSA) is 69.7 Å². The van der Waals surface area contributed by atoms with Gasteiger partial charge in [-0.05, 0) is 39.5 Å². The van der Waals surface area contributed by atoms with E-state index in [2.05, 4.69) is 5.32 Å².